The predicted octanol–water partition coefficient (Wildman–Crippen LogP) is 3.49. The van der Waals surface area contributed by atoms with Gasteiger partial charge in [0.1, 0.15) is 0 Å². The standard InChI is InChI=1S/C7H19P3/c1-8(2)7(9(3)4)10(5)6/h7H,1-6H3. The highest BCUT2D eigenvalue weighted by molar-refractivity contribution is 7.89. The molecule has 0 nitrogen and oxygen atoms in total. The molecule has 0 aliphatic heterocycles. The highest BCUT2D eigenvalue weighted by atomic mass is 31.2. The molecule has 0 radical (unpaired) electrons. The largest absolute Gasteiger partial charge is 0.101 e. The van der Waals surface area contributed by atoms with Crippen molar-refractivity contribution in [2.45, 2.75) is 5.14 Å². The highest BCUT2D eigenvalue weighted by Crippen LogP contribution is 2.63. The van der Waals surface area contributed by atoms with E-state index in [1.165, 1.54) is 0 Å². The summed E-state index contributed by atoms with van der Waals surface area (Å²) in [5.41, 5.74) is 0. The molecule has 0 spiro atoms. The fourth-order valence-corrected chi connectivity index (χ4v) is 12.5. The number of hydrogen-bond acceptors (Lipinski definition) is 0. The third kappa shape index (κ3) is 3.61. The van der Waals surface area contributed by atoms with Crippen LogP contribution in [0, 0.1) is 0 Å². The van der Waals surface area contributed by atoms with E-state index in [4.69, 9.17) is 0 Å². The Kier molecular flexibility index (Phi) is 5.68. The molecule has 0 N–H and O–H groups in total. The second-order valence-electron chi connectivity index (χ2n) is 3.24. The van der Waals surface area contributed by atoms with E-state index in [0.29, 0.717) is 23.8 Å². The Hall–Kier alpha value is 1.29. The highest BCUT2D eigenvalue weighted by Gasteiger charge is 2.19. The minimum atomic E-state index is 0.315. The smallest absolute Gasteiger partial charge is 0.0178 e. The molecule has 0 bridgehead atoms. The lowest BCUT2D eigenvalue weighted by Gasteiger charge is -2.29. The summed E-state index contributed by atoms with van der Waals surface area (Å²) in [6, 6.07) is 0. The van der Waals surface area contributed by atoms with Crippen molar-refractivity contribution in [2.75, 3.05) is 40.0 Å². The molecule has 0 fully saturated rings. The zero-order valence-corrected chi connectivity index (χ0v) is 10.6. The number of rotatable bonds is 3. The minimum absolute atomic E-state index is 0.315. The molecule has 0 aromatic rings. The molecule has 0 aromatic carbocycles. The Morgan fingerprint density at radius 1 is 0.600 bits per heavy atom. The molecule has 62 valence electrons. The second-order valence-corrected chi connectivity index (χ2v) is 11.8. The van der Waals surface area contributed by atoms with E-state index in [1.807, 2.05) is 0 Å². The summed E-state index contributed by atoms with van der Waals surface area (Å²) in [6.07, 6.45) is 0. The van der Waals surface area contributed by atoms with Crippen LogP contribution in [-0.4, -0.2) is 45.1 Å². The summed E-state index contributed by atoms with van der Waals surface area (Å²) in [5, 5.41) is 1.08. The molecule has 0 atom stereocenters. The zero-order chi connectivity index (χ0) is 8.31. The maximum absolute atomic E-state index is 2.42. The normalized spacial score (nSPS) is 12.6. The van der Waals surface area contributed by atoms with Gasteiger partial charge in [-0.2, -0.15) is 0 Å². The van der Waals surface area contributed by atoms with E-state index in [0.717, 1.165) is 5.14 Å². The third-order valence-corrected chi connectivity index (χ3v) is 12.5. The lowest BCUT2D eigenvalue weighted by Crippen LogP contribution is -1.97. The lowest BCUT2D eigenvalue weighted by atomic mass is 11.8. The molecule has 0 unspecified atom stereocenters. The first-order chi connectivity index (χ1) is 4.46. The Labute approximate surface area is 69.4 Å². The van der Waals surface area contributed by atoms with Crippen molar-refractivity contribution in [1.29, 1.82) is 0 Å². The van der Waals surface area contributed by atoms with Gasteiger partial charge in [0.15, 0.2) is 0 Å². The van der Waals surface area contributed by atoms with Crippen LogP contribution in [0.25, 0.3) is 0 Å². The van der Waals surface area contributed by atoms with Gasteiger partial charge in [-0.25, -0.2) is 0 Å². The molecule has 0 rings (SSSR count). The molecule has 10 heavy (non-hydrogen) atoms. The Bertz CT molecular complexity index is 69.8. The van der Waals surface area contributed by atoms with Gasteiger partial charge in [0.25, 0.3) is 0 Å². The molecule has 0 aliphatic rings. The van der Waals surface area contributed by atoms with Crippen molar-refractivity contribution in [3.8, 4) is 0 Å². The first kappa shape index (κ1) is 11.3. The summed E-state index contributed by atoms with van der Waals surface area (Å²) in [4.78, 5) is 0. The molecule has 0 saturated carbocycles. The van der Waals surface area contributed by atoms with E-state index in [1.54, 1.807) is 0 Å². The van der Waals surface area contributed by atoms with E-state index < -0.39 is 0 Å². The summed E-state index contributed by atoms with van der Waals surface area (Å²) in [5.74, 6) is 0. The Morgan fingerprint density at radius 3 is 0.800 bits per heavy atom. The van der Waals surface area contributed by atoms with Gasteiger partial charge >= 0.3 is 0 Å². The Morgan fingerprint density at radius 2 is 0.800 bits per heavy atom. The fraction of sp³-hybridized carbons (Fsp3) is 1.00. The molecular formula is C7H19P3. The van der Waals surface area contributed by atoms with Crippen LogP contribution >= 0.6 is 23.8 Å². The Balaban J connectivity index is 3.98. The van der Waals surface area contributed by atoms with Gasteiger partial charge in [0.2, 0.25) is 0 Å². The van der Waals surface area contributed by atoms with Crippen LogP contribution in [0.1, 0.15) is 0 Å². The van der Waals surface area contributed by atoms with E-state index >= 15 is 0 Å². The molecule has 0 heterocycles. The van der Waals surface area contributed by atoms with Gasteiger partial charge in [-0.15, -0.1) is 23.8 Å². The van der Waals surface area contributed by atoms with Gasteiger partial charge in [-0.1, -0.05) is 0 Å². The molecule has 0 aliphatic carbocycles. The fourth-order valence-electron chi connectivity index (χ4n) is 1.39. The molecule has 3 heteroatoms. The maximum Gasteiger partial charge on any atom is 0.0178 e. The van der Waals surface area contributed by atoms with Crippen LogP contribution in [0.4, 0.5) is 0 Å². The summed E-state index contributed by atoms with van der Waals surface area (Å²) >= 11 is 0. The summed E-state index contributed by atoms with van der Waals surface area (Å²) in [6.45, 7) is 14.5. The second kappa shape index (κ2) is 5.03. The lowest BCUT2D eigenvalue weighted by molar-refractivity contribution is 1.77. The predicted molar refractivity (Wildman–Crippen MR) is 60.1 cm³/mol. The van der Waals surface area contributed by atoms with Gasteiger partial charge in [0, 0.05) is 5.14 Å². The molecular weight excluding hydrogens is 177 g/mol. The summed E-state index contributed by atoms with van der Waals surface area (Å²) < 4.78 is 0. The van der Waals surface area contributed by atoms with Crippen LogP contribution < -0.4 is 0 Å². The molecule has 0 saturated heterocycles. The molecule has 0 amide bonds. The topological polar surface area (TPSA) is 0 Å². The van der Waals surface area contributed by atoms with Crippen molar-refractivity contribution < 1.29 is 0 Å². The minimum Gasteiger partial charge on any atom is -0.101 e. The third-order valence-electron chi connectivity index (χ3n) is 1.39. The molecule has 0 aromatic heterocycles. The first-order valence-electron chi connectivity index (χ1n) is 3.46. The van der Waals surface area contributed by atoms with Gasteiger partial charge < -0.3 is 0 Å². The van der Waals surface area contributed by atoms with Crippen LogP contribution in [0.15, 0.2) is 0 Å². The van der Waals surface area contributed by atoms with Crippen molar-refractivity contribution in [1.82, 2.24) is 0 Å². The monoisotopic (exact) mass is 196 g/mol. The van der Waals surface area contributed by atoms with Crippen LogP contribution in [0.5, 0.6) is 0 Å². The van der Waals surface area contributed by atoms with Crippen molar-refractivity contribution in [3.05, 3.63) is 0 Å². The summed E-state index contributed by atoms with van der Waals surface area (Å²) in [7, 11) is 0.944. The van der Waals surface area contributed by atoms with Crippen molar-refractivity contribution in [2.24, 2.45) is 0 Å². The van der Waals surface area contributed by atoms with Crippen LogP contribution in [-0.2, 0) is 0 Å². The van der Waals surface area contributed by atoms with Crippen molar-refractivity contribution >= 4 is 23.8 Å². The van der Waals surface area contributed by atoms with Gasteiger partial charge in [-0.05, 0) is 40.0 Å². The maximum atomic E-state index is 2.42. The van der Waals surface area contributed by atoms with E-state index in [2.05, 4.69) is 40.0 Å². The van der Waals surface area contributed by atoms with Gasteiger partial charge in [-0.3, -0.25) is 0 Å². The number of hydrogen-bond donors (Lipinski definition) is 0. The average Bonchev–Trinajstić information content (AvgIpc) is 1.59. The quantitative estimate of drug-likeness (QED) is 0.606. The van der Waals surface area contributed by atoms with Crippen LogP contribution in [0.2, 0.25) is 0 Å². The first-order valence-corrected chi connectivity index (χ1v) is 10.4. The van der Waals surface area contributed by atoms with E-state index in [9.17, 15) is 0 Å². The van der Waals surface area contributed by atoms with Crippen molar-refractivity contribution in [3.63, 3.8) is 0 Å². The zero-order valence-electron chi connectivity index (χ0n) is 7.92. The van der Waals surface area contributed by atoms with E-state index in [-0.39, 0.29) is 0 Å². The SMILES string of the molecule is CP(C)C(P(C)C)P(C)C. The average molecular weight is 196 g/mol. The van der Waals surface area contributed by atoms with Gasteiger partial charge in [0.05, 0.1) is 0 Å². The van der Waals surface area contributed by atoms with Crippen LogP contribution in [0.3, 0.4) is 0 Å².